The van der Waals surface area contributed by atoms with Crippen molar-refractivity contribution in [2.45, 2.75) is 19.8 Å². The second-order valence-electron chi connectivity index (χ2n) is 7.17. The van der Waals surface area contributed by atoms with Gasteiger partial charge in [-0.3, -0.25) is 4.99 Å². The molecule has 0 amide bonds. The van der Waals surface area contributed by atoms with Gasteiger partial charge >= 0.3 is 0 Å². The van der Waals surface area contributed by atoms with Gasteiger partial charge in [0, 0.05) is 45.5 Å². The van der Waals surface area contributed by atoms with Crippen molar-refractivity contribution < 1.29 is 0 Å². The van der Waals surface area contributed by atoms with E-state index in [2.05, 4.69) is 87.5 Å². The number of nitrogens with zero attached hydrogens (tertiary/aromatic N) is 4. The van der Waals surface area contributed by atoms with Crippen LogP contribution in [-0.2, 0) is 6.42 Å². The highest BCUT2D eigenvalue weighted by Gasteiger charge is 2.16. The van der Waals surface area contributed by atoms with Gasteiger partial charge in [-0.2, -0.15) is 0 Å². The fourth-order valence-corrected chi connectivity index (χ4v) is 3.74. The van der Waals surface area contributed by atoms with E-state index in [4.69, 9.17) is 4.98 Å². The lowest BCUT2D eigenvalue weighted by Crippen LogP contribution is -2.44. The standard InChI is InChI=1S/C23H27N5/c1-18-7-6-14-28-17-21(26-22(18)28)10-13-25-23(24-2)27-15-11-20(12-16-27)19-8-4-3-5-9-19/h3-9,11,14,17H,10,12-13,15-16H2,1-2H3,(H,24,25). The minimum absolute atomic E-state index is 0.821. The van der Waals surface area contributed by atoms with Crippen LogP contribution in [0.4, 0.5) is 0 Å². The van der Waals surface area contributed by atoms with Gasteiger partial charge in [0.1, 0.15) is 5.65 Å². The van der Waals surface area contributed by atoms with Gasteiger partial charge in [-0.1, -0.05) is 42.5 Å². The van der Waals surface area contributed by atoms with Crippen molar-refractivity contribution in [3.63, 3.8) is 0 Å². The number of guanidine groups is 1. The number of imidazole rings is 1. The van der Waals surface area contributed by atoms with Gasteiger partial charge in [0.05, 0.1) is 5.69 Å². The molecular formula is C23H27N5. The highest BCUT2D eigenvalue weighted by atomic mass is 15.3. The monoisotopic (exact) mass is 373 g/mol. The lowest BCUT2D eigenvalue weighted by Gasteiger charge is -2.29. The summed E-state index contributed by atoms with van der Waals surface area (Å²) in [5.41, 5.74) is 6.09. The Kier molecular flexibility index (Phi) is 5.42. The molecular weight excluding hydrogens is 346 g/mol. The number of fused-ring (bicyclic) bond motifs is 1. The first-order chi connectivity index (χ1) is 13.7. The van der Waals surface area contributed by atoms with E-state index in [1.54, 1.807) is 0 Å². The topological polar surface area (TPSA) is 44.9 Å². The number of aliphatic imine (C=N–C) groups is 1. The van der Waals surface area contributed by atoms with Crippen molar-refractivity contribution >= 4 is 17.2 Å². The SMILES string of the molecule is CN=C(NCCc1cn2cccc(C)c2n1)N1CC=C(c2ccccc2)CC1. The van der Waals surface area contributed by atoms with Crippen LogP contribution in [0.5, 0.6) is 0 Å². The highest BCUT2D eigenvalue weighted by molar-refractivity contribution is 5.81. The predicted molar refractivity (Wildman–Crippen MR) is 116 cm³/mol. The molecule has 2 aromatic heterocycles. The maximum atomic E-state index is 4.75. The lowest BCUT2D eigenvalue weighted by molar-refractivity contribution is 0.440. The summed E-state index contributed by atoms with van der Waals surface area (Å²) < 4.78 is 2.10. The number of hydrogen-bond donors (Lipinski definition) is 1. The second-order valence-corrected chi connectivity index (χ2v) is 7.17. The number of hydrogen-bond acceptors (Lipinski definition) is 2. The molecule has 0 atom stereocenters. The molecule has 1 aliphatic rings. The lowest BCUT2D eigenvalue weighted by atomic mass is 10.00. The molecule has 1 N–H and O–H groups in total. The summed E-state index contributed by atoms with van der Waals surface area (Å²) in [6, 6.07) is 14.8. The molecule has 1 aliphatic heterocycles. The summed E-state index contributed by atoms with van der Waals surface area (Å²) in [5.74, 6) is 0.961. The number of rotatable bonds is 4. The Morgan fingerprint density at radius 1 is 1.18 bits per heavy atom. The minimum Gasteiger partial charge on any atom is -0.356 e. The van der Waals surface area contributed by atoms with E-state index < -0.39 is 0 Å². The van der Waals surface area contributed by atoms with Crippen molar-refractivity contribution in [2.24, 2.45) is 4.99 Å². The molecule has 1 aromatic carbocycles. The van der Waals surface area contributed by atoms with Crippen molar-refractivity contribution in [2.75, 3.05) is 26.7 Å². The number of benzene rings is 1. The maximum Gasteiger partial charge on any atom is 0.193 e. The largest absolute Gasteiger partial charge is 0.356 e. The Balaban J connectivity index is 1.34. The molecule has 0 saturated carbocycles. The molecule has 3 aromatic rings. The Bertz CT molecular complexity index is 1000. The van der Waals surface area contributed by atoms with Crippen LogP contribution in [-0.4, -0.2) is 46.9 Å². The minimum atomic E-state index is 0.821. The van der Waals surface area contributed by atoms with Crippen LogP contribution >= 0.6 is 0 Å². The van der Waals surface area contributed by atoms with Gasteiger partial charge in [0.2, 0.25) is 0 Å². The van der Waals surface area contributed by atoms with E-state index in [1.165, 1.54) is 16.7 Å². The number of pyridine rings is 1. The van der Waals surface area contributed by atoms with Gasteiger partial charge in [-0.05, 0) is 36.1 Å². The molecule has 0 aliphatic carbocycles. The predicted octanol–water partition coefficient (Wildman–Crippen LogP) is 3.55. The zero-order valence-electron chi connectivity index (χ0n) is 16.6. The first kappa shape index (κ1) is 18.3. The quantitative estimate of drug-likeness (QED) is 0.562. The third-order valence-electron chi connectivity index (χ3n) is 5.26. The fraction of sp³-hybridized carbons (Fsp3) is 0.304. The van der Waals surface area contributed by atoms with E-state index in [1.807, 2.05) is 7.05 Å². The van der Waals surface area contributed by atoms with Crippen LogP contribution in [0.25, 0.3) is 11.2 Å². The van der Waals surface area contributed by atoms with Crippen molar-refractivity contribution in [1.82, 2.24) is 19.6 Å². The average Bonchev–Trinajstić information content (AvgIpc) is 3.17. The van der Waals surface area contributed by atoms with Crippen LogP contribution in [0.3, 0.4) is 0 Å². The molecule has 5 heteroatoms. The number of nitrogens with one attached hydrogen (secondary N) is 1. The number of aromatic nitrogens is 2. The Hall–Kier alpha value is -3.08. The second kappa shape index (κ2) is 8.30. The zero-order chi connectivity index (χ0) is 19.3. The molecule has 0 saturated heterocycles. The molecule has 0 spiro atoms. The average molecular weight is 374 g/mol. The summed E-state index contributed by atoms with van der Waals surface area (Å²) in [6.07, 6.45) is 8.39. The molecule has 3 heterocycles. The smallest absolute Gasteiger partial charge is 0.193 e. The zero-order valence-corrected chi connectivity index (χ0v) is 16.6. The molecule has 5 nitrogen and oxygen atoms in total. The first-order valence-electron chi connectivity index (χ1n) is 9.88. The molecule has 0 unspecified atom stereocenters. The summed E-state index contributed by atoms with van der Waals surface area (Å²) in [5, 5.41) is 3.50. The van der Waals surface area contributed by atoms with Crippen LogP contribution in [0.1, 0.15) is 23.2 Å². The molecule has 0 radical (unpaired) electrons. The van der Waals surface area contributed by atoms with Crippen LogP contribution in [0, 0.1) is 6.92 Å². The van der Waals surface area contributed by atoms with Crippen molar-refractivity contribution in [3.05, 3.63) is 77.8 Å². The van der Waals surface area contributed by atoms with Gasteiger partial charge in [0.15, 0.2) is 5.96 Å². The van der Waals surface area contributed by atoms with Crippen LogP contribution in [0.15, 0.2) is 65.9 Å². The van der Waals surface area contributed by atoms with Crippen molar-refractivity contribution in [3.8, 4) is 0 Å². The van der Waals surface area contributed by atoms with E-state index in [0.29, 0.717) is 0 Å². The van der Waals surface area contributed by atoms with E-state index in [9.17, 15) is 0 Å². The van der Waals surface area contributed by atoms with Gasteiger partial charge in [-0.25, -0.2) is 4.98 Å². The summed E-state index contributed by atoms with van der Waals surface area (Å²) in [4.78, 5) is 11.5. The fourth-order valence-electron chi connectivity index (χ4n) is 3.74. The Morgan fingerprint density at radius 3 is 2.75 bits per heavy atom. The van der Waals surface area contributed by atoms with Gasteiger partial charge in [0.25, 0.3) is 0 Å². The third-order valence-corrected chi connectivity index (χ3v) is 5.26. The Morgan fingerprint density at radius 2 is 2.04 bits per heavy atom. The van der Waals surface area contributed by atoms with E-state index in [0.717, 1.165) is 49.8 Å². The highest BCUT2D eigenvalue weighted by Crippen LogP contribution is 2.21. The van der Waals surface area contributed by atoms with Gasteiger partial charge in [-0.15, -0.1) is 0 Å². The normalized spacial score (nSPS) is 15.0. The molecule has 4 rings (SSSR count). The summed E-state index contributed by atoms with van der Waals surface area (Å²) in [6.45, 7) is 4.78. The number of aryl methyl sites for hydroxylation is 1. The first-order valence-corrected chi connectivity index (χ1v) is 9.88. The maximum absolute atomic E-state index is 4.75. The third kappa shape index (κ3) is 3.93. The van der Waals surface area contributed by atoms with E-state index >= 15 is 0 Å². The van der Waals surface area contributed by atoms with Crippen molar-refractivity contribution in [1.29, 1.82) is 0 Å². The van der Waals surface area contributed by atoms with Gasteiger partial charge < -0.3 is 14.6 Å². The Labute approximate surface area is 166 Å². The van der Waals surface area contributed by atoms with Crippen LogP contribution in [0.2, 0.25) is 0 Å². The van der Waals surface area contributed by atoms with Crippen LogP contribution < -0.4 is 5.32 Å². The summed E-state index contributed by atoms with van der Waals surface area (Å²) >= 11 is 0. The molecule has 0 bridgehead atoms. The molecule has 144 valence electrons. The summed E-state index contributed by atoms with van der Waals surface area (Å²) in [7, 11) is 1.85. The molecule has 0 fully saturated rings. The molecule has 28 heavy (non-hydrogen) atoms. The van der Waals surface area contributed by atoms with E-state index in [-0.39, 0.29) is 0 Å².